The molecule has 1 saturated heterocycles. The second kappa shape index (κ2) is 9.97. The van der Waals surface area contributed by atoms with Crippen LogP contribution in [0.4, 0.5) is 5.69 Å². The van der Waals surface area contributed by atoms with Crippen molar-refractivity contribution in [3.05, 3.63) is 54.1 Å². The van der Waals surface area contributed by atoms with Crippen LogP contribution in [0.5, 0.6) is 11.5 Å². The van der Waals surface area contributed by atoms with Gasteiger partial charge in [0.1, 0.15) is 11.5 Å². The molecule has 8 nitrogen and oxygen atoms in total. The van der Waals surface area contributed by atoms with E-state index in [1.54, 1.807) is 36.1 Å². The van der Waals surface area contributed by atoms with E-state index in [1.807, 2.05) is 38.1 Å². The average Bonchev–Trinajstić information content (AvgIpc) is 3.15. The van der Waals surface area contributed by atoms with Gasteiger partial charge < -0.3 is 14.4 Å². The van der Waals surface area contributed by atoms with Gasteiger partial charge in [-0.2, -0.15) is 0 Å². The van der Waals surface area contributed by atoms with Crippen molar-refractivity contribution in [2.45, 2.75) is 33.3 Å². The Morgan fingerprint density at radius 1 is 1.06 bits per heavy atom. The summed E-state index contributed by atoms with van der Waals surface area (Å²) in [5.41, 5.74) is 6.62. The number of anilines is 1. The molecular formula is C23H27N3O5. The summed E-state index contributed by atoms with van der Waals surface area (Å²) in [5, 5.41) is 0. The van der Waals surface area contributed by atoms with Gasteiger partial charge in [0, 0.05) is 18.7 Å². The maximum Gasteiger partial charge on any atom is 0.279 e. The molecule has 31 heavy (non-hydrogen) atoms. The van der Waals surface area contributed by atoms with Crippen molar-refractivity contribution in [1.82, 2.24) is 10.9 Å². The highest BCUT2D eigenvalue weighted by molar-refractivity contribution is 6.00. The summed E-state index contributed by atoms with van der Waals surface area (Å²) in [5.74, 6) is -0.358. The first-order valence-corrected chi connectivity index (χ1v) is 10.2. The number of aryl methyl sites for hydroxylation is 1. The number of nitrogens with one attached hydrogen (secondary N) is 2. The number of rotatable bonds is 7. The van der Waals surface area contributed by atoms with Gasteiger partial charge in [0.15, 0.2) is 6.10 Å². The van der Waals surface area contributed by atoms with Gasteiger partial charge >= 0.3 is 0 Å². The molecule has 0 saturated carbocycles. The predicted octanol–water partition coefficient (Wildman–Crippen LogP) is 2.36. The largest absolute Gasteiger partial charge is 0.494 e. The molecule has 2 N–H and O–H groups in total. The highest BCUT2D eigenvalue weighted by atomic mass is 16.5. The molecule has 1 fully saturated rings. The molecule has 0 radical (unpaired) electrons. The minimum Gasteiger partial charge on any atom is -0.494 e. The van der Waals surface area contributed by atoms with E-state index in [1.165, 1.54) is 0 Å². The zero-order chi connectivity index (χ0) is 22.4. The quantitative estimate of drug-likeness (QED) is 0.664. The van der Waals surface area contributed by atoms with Gasteiger partial charge in [0.2, 0.25) is 11.8 Å². The summed E-state index contributed by atoms with van der Waals surface area (Å²) in [6, 6.07) is 14.5. The van der Waals surface area contributed by atoms with Crippen molar-refractivity contribution >= 4 is 23.4 Å². The Hall–Kier alpha value is -3.55. The molecule has 2 aromatic carbocycles. The van der Waals surface area contributed by atoms with Crippen LogP contribution in [0.3, 0.4) is 0 Å². The Balaban J connectivity index is 1.47. The lowest BCUT2D eigenvalue weighted by atomic mass is 10.1. The number of carbonyl (C=O) groups is 3. The average molecular weight is 425 g/mol. The molecule has 2 aromatic rings. The molecule has 3 rings (SSSR count). The van der Waals surface area contributed by atoms with Gasteiger partial charge in [-0.15, -0.1) is 0 Å². The van der Waals surface area contributed by atoms with E-state index >= 15 is 0 Å². The van der Waals surface area contributed by atoms with E-state index in [0.717, 1.165) is 11.3 Å². The molecule has 1 heterocycles. The number of hydrazine groups is 1. The van der Waals surface area contributed by atoms with Crippen LogP contribution >= 0.6 is 0 Å². The van der Waals surface area contributed by atoms with Crippen molar-refractivity contribution in [1.29, 1.82) is 0 Å². The Morgan fingerprint density at radius 3 is 2.35 bits per heavy atom. The predicted molar refractivity (Wildman–Crippen MR) is 116 cm³/mol. The number of amides is 3. The molecule has 8 heteroatoms. The monoisotopic (exact) mass is 425 g/mol. The molecule has 0 aromatic heterocycles. The van der Waals surface area contributed by atoms with Crippen LogP contribution < -0.4 is 25.2 Å². The van der Waals surface area contributed by atoms with Gasteiger partial charge in [-0.25, -0.2) is 0 Å². The summed E-state index contributed by atoms with van der Waals surface area (Å²) in [4.78, 5) is 38.6. The minimum absolute atomic E-state index is 0.0911. The fourth-order valence-corrected chi connectivity index (χ4v) is 3.22. The minimum atomic E-state index is -0.826. The molecule has 3 amide bonds. The van der Waals surface area contributed by atoms with E-state index < -0.39 is 23.8 Å². The molecule has 0 spiro atoms. The molecule has 2 atom stereocenters. The number of benzene rings is 2. The van der Waals surface area contributed by atoms with Crippen LogP contribution in [0.1, 0.15) is 25.8 Å². The SMILES string of the molecule is CCOc1ccc(O[C@H](C)C(=O)NNC(=O)[C@H]2CC(=O)N(c3ccc(C)cc3)C2)cc1. The molecule has 164 valence electrons. The molecule has 1 aliphatic heterocycles. The number of hydrogen-bond donors (Lipinski definition) is 2. The van der Waals surface area contributed by atoms with Crippen molar-refractivity contribution in [3.8, 4) is 11.5 Å². The first kappa shape index (κ1) is 22.1. The van der Waals surface area contributed by atoms with E-state index in [9.17, 15) is 14.4 Å². The summed E-state index contributed by atoms with van der Waals surface area (Å²) >= 11 is 0. The normalized spacial score (nSPS) is 16.5. The van der Waals surface area contributed by atoms with Crippen LogP contribution in [-0.2, 0) is 14.4 Å². The van der Waals surface area contributed by atoms with Gasteiger partial charge in [-0.1, -0.05) is 17.7 Å². The molecule has 0 bridgehead atoms. The van der Waals surface area contributed by atoms with Gasteiger partial charge in [-0.3, -0.25) is 25.2 Å². The van der Waals surface area contributed by atoms with Crippen LogP contribution in [0.15, 0.2) is 48.5 Å². The zero-order valence-corrected chi connectivity index (χ0v) is 17.9. The van der Waals surface area contributed by atoms with Crippen molar-refractivity contribution in [2.24, 2.45) is 5.92 Å². The summed E-state index contributed by atoms with van der Waals surface area (Å²) < 4.78 is 11.0. The molecule has 1 aliphatic rings. The number of hydrogen-bond acceptors (Lipinski definition) is 5. The van der Waals surface area contributed by atoms with E-state index in [-0.39, 0.29) is 18.9 Å². The molecular weight excluding hydrogens is 398 g/mol. The van der Waals surface area contributed by atoms with Crippen LogP contribution in [0.25, 0.3) is 0 Å². The smallest absolute Gasteiger partial charge is 0.279 e. The maximum absolute atomic E-state index is 12.4. The zero-order valence-electron chi connectivity index (χ0n) is 17.9. The highest BCUT2D eigenvalue weighted by Crippen LogP contribution is 2.25. The first-order chi connectivity index (χ1) is 14.9. The van der Waals surface area contributed by atoms with E-state index in [4.69, 9.17) is 9.47 Å². The van der Waals surface area contributed by atoms with Crippen molar-refractivity contribution < 1.29 is 23.9 Å². The second-order valence-corrected chi connectivity index (χ2v) is 7.38. The summed E-state index contributed by atoms with van der Waals surface area (Å²) in [7, 11) is 0. The van der Waals surface area contributed by atoms with Crippen LogP contribution in [0.2, 0.25) is 0 Å². The van der Waals surface area contributed by atoms with Gasteiger partial charge in [0.05, 0.1) is 12.5 Å². The first-order valence-electron chi connectivity index (χ1n) is 10.2. The second-order valence-electron chi connectivity index (χ2n) is 7.38. The third-order valence-electron chi connectivity index (χ3n) is 4.97. The summed E-state index contributed by atoms with van der Waals surface area (Å²) in [6.45, 7) is 6.27. The molecule has 0 aliphatic carbocycles. The van der Waals surface area contributed by atoms with Crippen LogP contribution in [-0.4, -0.2) is 37.0 Å². The fourth-order valence-electron chi connectivity index (χ4n) is 3.22. The van der Waals surface area contributed by atoms with Gasteiger partial charge in [-0.05, 0) is 57.2 Å². The maximum atomic E-state index is 12.4. The standard InChI is InChI=1S/C23H27N3O5/c1-4-30-19-9-11-20(12-10-19)31-16(3)22(28)24-25-23(29)17-13-21(27)26(14-17)18-7-5-15(2)6-8-18/h5-12,16-17H,4,13-14H2,1-3H3,(H,24,28)(H,25,29)/t16-,17+/m1/s1. The third kappa shape index (κ3) is 5.75. The number of ether oxygens (including phenoxy) is 2. The number of nitrogens with zero attached hydrogens (tertiary/aromatic N) is 1. The fraction of sp³-hybridized carbons (Fsp3) is 0.348. The lowest BCUT2D eigenvalue weighted by Gasteiger charge is -2.18. The topological polar surface area (TPSA) is 97.0 Å². The Bertz CT molecular complexity index is 927. The Labute approximate surface area is 181 Å². The highest BCUT2D eigenvalue weighted by Gasteiger charge is 2.35. The lowest BCUT2D eigenvalue weighted by molar-refractivity contribution is -0.134. The number of carbonyl (C=O) groups excluding carboxylic acids is 3. The Morgan fingerprint density at radius 2 is 1.71 bits per heavy atom. The van der Waals surface area contributed by atoms with Gasteiger partial charge in [0.25, 0.3) is 5.91 Å². The third-order valence-corrected chi connectivity index (χ3v) is 4.97. The summed E-state index contributed by atoms with van der Waals surface area (Å²) in [6.07, 6.45) is -0.735. The molecule has 0 unspecified atom stereocenters. The Kier molecular flexibility index (Phi) is 7.12. The lowest BCUT2D eigenvalue weighted by Crippen LogP contribution is -2.49. The van der Waals surface area contributed by atoms with Crippen molar-refractivity contribution in [2.75, 3.05) is 18.1 Å². The van der Waals surface area contributed by atoms with E-state index in [0.29, 0.717) is 18.1 Å². The van der Waals surface area contributed by atoms with E-state index in [2.05, 4.69) is 10.9 Å². The van der Waals surface area contributed by atoms with Crippen molar-refractivity contribution in [3.63, 3.8) is 0 Å². The van der Waals surface area contributed by atoms with Crippen LogP contribution in [0, 0.1) is 12.8 Å².